The van der Waals surface area contributed by atoms with Crippen LogP contribution in [0.1, 0.15) is 11.4 Å². The minimum absolute atomic E-state index is 0.395. The Bertz CT molecular complexity index is 765. The largest absolute Gasteiger partial charge is 0.486 e. The van der Waals surface area contributed by atoms with Gasteiger partial charge in [-0.3, -0.25) is 5.10 Å². The minimum atomic E-state index is 0.395. The first-order valence-electron chi connectivity index (χ1n) is 7.19. The van der Waals surface area contributed by atoms with Crippen LogP contribution in [0.4, 0.5) is 0 Å². The molecule has 5 heteroatoms. The molecule has 3 aromatic rings. The maximum Gasteiger partial charge on any atom is 0.195 e. The van der Waals surface area contributed by atoms with E-state index in [0.717, 1.165) is 24.5 Å². The van der Waals surface area contributed by atoms with E-state index in [0.29, 0.717) is 11.4 Å². The first-order chi connectivity index (χ1) is 10.8. The Morgan fingerprint density at radius 2 is 1.68 bits per heavy atom. The summed E-state index contributed by atoms with van der Waals surface area (Å²) in [6.45, 7) is 1.18. The topological polar surface area (TPSA) is 42.8 Å². The predicted molar refractivity (Wildman–Crippen MR) is 88.3 cm³/mol. The van der Waals surface area contributed by atoms with E-state index in [1.165, 1.54) is 5.56 Å². The molecule has 1 N–H and O–H groups in total. The van der Waals surface area contributed by atoms with Crippen LogP contribution in [0.2, 0.25) is 0 Å². The predicted octanol–water partition coefficient (Wildman–Crippen LogP) is 3.76. The molecule has 0 aliphatic heterocycles. The van der Waals surface area contributed by atoms with E-state index < -0.39 is 0 Å². The summed E-state index contributed by atoms with van der Waals surface area (Å²) < 4.78 is 8.37. The fraction of sp³-hybridized carbons (Fsp3) is 0.176. The van der Waals surface area contributed by atoms with Crippen molar-refractivity contribution in [2.45, 2.75) is 19.6 Å². The normalized spacial score (nSPS) is 10.5. The minimum Gasteiger partial charge on any atom is -0.486 e. The number of aromatic amines is 1. The van der Waals surface area contributed by atoms with E-state index in [1.54, 1.807) is 0 Å². The summed E-state index contributed by atoms with van der Waals surface area (Å²) in [5, 5.41) is 7.11. The quantitative estimate of drug-likeness (QED) is 0.705. The second-order valence-corrected chi connectivity index (χ2v) is 5.32. The summed E-state index contributed by atoms with van der Waals surface area (Å²) in [6, 6.07) is 20.0. The second-order valence-electron chi connectivity index (χ2n) is 4.93. The third kappa shape index (κ3) is 3.62. The number of aromatic nitrogens is 3. The van der Waals surface area contributed by atoms with Crippen LogP contribution < -0.4 is 4.74 Å². The van der Waals surface area contributed by atoms with Gasteiger partial charge in [-0.2, -0.15) is 5.10 Å². The van der Waals surface area contributed by atoms with Crippen LogP contribution in [0, 0.1) is 4.77 Å². The number of rotatable bonds is 6. The monoisotopic (exact) mass is 311 g/mol. The SMILES string of the molecule is S=c1[nH]nc(COc2ccccc2)n1CCc1ccccc1. The second kappa shape index (κ2) is 7.04. The molecule has 2 aromatic carbocycles. The van der Waals surface area contributed by atoms with Crippen LogP contribution in [0.5, 0.6) is 5.75 Å². The number of hydrogen-bond donors (Lipinski definition) is 1. The van der Waals surface area contributed by atoms with Gasteiger partial charge in [0, 0.05) is 6.54 Å². The van der Waals surface area contributed by atoms with Crippen molar-refractivity contribution in [3.05, 3.63) is 76.8 Å². The Morgan fingerprint density at radius 1 is 1.00 bits per heavy atom. The van der Waals surface area contributed by atoms with E-state index in [2.05, 4.69) is 22.3 Å². The zero-order chi connectivity index (χ0) is 15.2. The van der Waals surface area contributed by atoms with E-state index in [9.17, 15) is 0 Å². The van der Waals surface area contributed by atoms with Crippen molar-refractivity contribution in [2.24, 2.45) is 0 Å². The molecule has 0 bridgehead atoms. The molecule has 3 rings (SSSR count). The molecule has 0 radical (unpaired) electrons. The van der Waals surface area contributed by atoms with Gasteiger partial charge in [0.2, 0.25) is 0 Å². The number of para-hydroxylation sites is 1. The third-order valence-corrected chi connectivity index (χ3v) is 3.73. The van der Waals surface area contributed by atoms with Gasteiger partial charge in [-0.25, -0.2) is 0 Å². The lowest BCUT2D eigenvalue weighted by Gasteiger charge is -2.08. The Balaban J connectivity index is 1.67. The van der Waals surface area contributed by atoms with Gasteiger partial charge in [-0.15, -0.1) is 0 Å². The number of hydrogen-bond acceptors (Lipinski definition) is 3. The summed E-state index contributed by atoms with van der Waals surface area (Å²) >= 11 is 5.31. The van der Waals surface area contributed by atoms with Gasteiger partial charge < -0.3 is 9.30 Å². The van der Waals surface area contributed by atoms with Crippen LogP contribution in [-0.4, -0.2) is 14.8 Å². The highest BCUT2D eigenvalue weighted by Crippen LogP contribution is 2.11. The summed E-state index contributed by atoms with van der Waals surface area (Å²) in [6.07, 6.45) is 0.910. The molecule has 0 saturated carbocycles. The Hall–Kier alpha value is -2.40. The molecule has 1 aromatic heterocycles. The third-order valence-electron chi connectivity index (χ3n) is 3.42. The molecular weight excluding hydrogens is 294 g/mol. The van der Waals surface area contributed by atoms with Gasteiger partial charge in [0.15, 0.2) is 10.6 Å². The Morgan fingerprint density at radius 3 is 2.41 bits per heavy atom. The van der Waals surface area contributed by atoms with Gasteiger partial charge in [-0.05, 0) is 36.3 Å². The van der Waals surface area contributed by atoms with E-state index >= 15 is 0 Å². The van der Waals surface area contributed by atoms with Crippen LogP contribution in [0.3, 0.4) is 0 Å². The highest BCUT2D eigenvalue weighted by atomic mass is 32.1. The van der Waals surface area contributed by atoms with Crippen molar-refractivity contribution >= 4 is 12.2 Å². The number of aryl methyl sites for hydroxylation is 1. The average Bonchev–Trinajstić information content (AvgIpc) is 2.93. The first-order valence-corrected chi connectivity index (χ1v) is 7.59. The zero-order valence-corrected chi connectivity index (χ0v) is 12.9. The fourth-order valence-corrected chi connectivity index (χ4v) is 2.48. The van der Waals surface area contributed by atoms with E-state index in [1.807, 2.05) is 53.1 Å². The molecule has 0 atom stereocenters. The molecular formula is C17H17N3OS. The molecule has 22 heavy (non-hydrogen) atoms. The highest BCUT2D eigenvalue weighted by molar-refractivity contribution is 7.71. The molecule has 0 unspecified atom stereocenters. The molecule has 0 aliphatic rings. The molecule has 0 spiro atoms. The Kier molecular flexibility index (Phi) is 4.65. The average molecular weight is 311 g/mol. The lowest BCUT2D eigenvalue weighted by molar-refractivity contribution is 0.288. The van der Waals surface area contributed by atoms with Gasteiger partial charge in [0.25, 0.3) is 0 Å². The van der Waals surface area contributed by atoms with Crippen LogP contribution >= 0.6 is 12.2 Å². The lowest BCUT2D eigenvalue weighted by atomic mass is 10.1. The van der Waals surface area contributed by atoms with Crippen molar-refractivity contribution < 1.29 is 4.74 Å². The van der Waals surface area contributed by atoms with Crippen LogP contribution in [0.15, 0.2) is 60.7 Å². The molecule has 0 fully saturated rings. The van der Waals surface area contributed by atoms with Gasteiger partial charge in [0.1, 0.15) is 12.4 Å². The highest BCUT2D eigenvalue weighted by Gasteiger charge is 2.07. The van der Waals surface area contributed by atoms with Crippen molar-refractivity contribution in [1.29, 1.82) is 0 Å². The summed E-state index contributed by atoms with van der Waals surface area (Å²) in [4.78, 5) is 0. The smallest absolute Gasteiger partial charge is 0.195 e. The van der Waals surface area contributed by atoms with Gasteiger partial charge in [0.05, 0.1) is 0 Å². The van der Waals surface area contributed by atoms with E-state index in [-0.39, 0.29) is 0 Å². The number of ether oxygens (including phenoxy) is 1. The van der Waals surface area contributed by atoms with Crippen molar-refractivity contribution in [1.82, 2.24) is 14.8 Å². The van der Waals surface area contributed by atoms with Crippen LogP contribution in [0.25, 0.3) is 0 Å². The van der Waals surface area contributed by atoms with Gasteiger partial charge in [-0.1, -0.05) is 48.5 Å². The molecule has 0 aliphatic carbocycles. The molecule has 112 valence electrons. The summed E-state index contributed by atoms with van der Waals surface area (Å²) in [5.74, 6) is 1.64. The van der Waals surface area contributed by atoms with Crippen molar-refractivity contribution in [3.63, 3.8) is 0 Å². The Labute approximate surface area is 134 Å². The summed E-state index contributed by atoms with van der Waals surface area (Å²) in [7, 11) is 0. The number of benzene rings is 2. The number of nitrogens with zero attached hydrogens (tertiary/aromatic N) is 2. The maximum absolute atomic E-state index is 5.75. The zero-order valence-electron chi connectivity index (χ0n) is 12.1. The number of nitrogens with one attached hydrogen (secondary N) is 1. The van der Waals surface area contributed by atoms with Gasteiger partial charge >= 0.3 is 0 Å². The maximum atomic E-state index is 5.75. The lowest BCUT2D eigenvalue weighted by Crippen LogP contribution is -2.09. The number of H-pyrrole nitrogens is 1. The molecule has 0 saturated heterocycles. The molecule has 1 heterocycles. The summed E-state index contributed by atoms with van der Waals surface area (Å²) in [5.41, 5.74) is 1.28. The van der Waals surface area contributed by atoms with E-state index in [4.69, 9.17) is 17.0 Å². The van der Waals surface area contributed by atoms with Crippen LogP contribution in [-0.2, 0) is 19.6 Å². The molecule has 4 nitrogen and oxygen atoms in total. The standard InChI is InChI=1S/C17H17N3OS/c22-17-19-18-16(13-21-15-9-5-2-6-10-15)20(17)12-11-14-7-3-1-4-8-14/h1-10H,11-13H2,(H,19,22). The van der Waals surface area contributed by atoms with Crippen molar-refractivity contribution in [2.75, 3.05) is 0 Å². The first kappa shape index (κ1) is 14.5. The fourth-order valence-electron chi connectivity index (χ4n) is 2.24. The van der Waals surface area contributed by atoms with Crippen molar-refractivity contribution in [3.8, 4) is 5.75 Å². The molecule has 0 amide bonds.